The third kappa shape index (κ3) is 2.86. The molecule has 1 N–H and O–H groups in total. The zero-order chi connectivity index (χ0) is 12.1. The quantitative estimate of drug-likeness (QED) is 0.843. The fraction of sp³-hybridized carbons (Fsp3) is 0.600. The van der Waals surface area contributed by atoms with Gasteiger partial charge < -0.3 is 9.73 Å². The minimum atomic E-state index is 0.524. The number of nitrogens with zero attached hydrogens (tertiary/aromatic N) is 4. The molecule has 2 heterocycles. The first-order valence-corrected chi connectivity index (χ1v) is 6.47. The van der Waals surface area contributed by atoms with Crippen molar-refractivity contribution in [3.05, 3.63) is 11.6 Å². The van der Waals surface area contributed by atoms with E-state index in [4.69, 9.17) is 4.42 Å². The Hall–Kier alpha value is -1.34. The second-order valence-electron chi connectivity index (χ2n) is 3.58. The van der Waals surface area contributed by atoms with E-state index in [0.717, 1.165) is 30.0 Å². The molecule has 17 heavy (non-hydrogen) atoms. The van der Waals surface area contributed by atoms with Gasteiger partial charge >= 0.3 is 0 Å². The molecule has 0 radical (unpaired) electrons. The molecule has 0 aromatic carbocycles. The van der Waals surface area contributed by atoms with E-state index >= 15 is 0 Å². The van der Waals surface area contributed by atoms with Crippen LogP contribution in [0.4, 0.5) is 0 Å². The van der Waals surface area contributed by atoms with Crippen molar-refractivity contribution in [3.63, 3.8) is 0 Å². The normalized spacial score (nSPS) is 10.9. The van der Waals surface area contributed by atoms with Crippen LogP contribution in [0.3, 0.4) is 0 Å². The highest BCUT2D eigenvalue weighted by Gasteiger charge is 2.16. The fourth-order valence-electron chi connectivity index (χ4n) is 1.42. The minimum absolute atomic E-state index is 0.524. The third-order valence-electron chi connectivity index (χ3n) is 2.23. The molecule has 0 saturated carbocycles. The highest BCUT2D eigenvalue weighted by Crippen LogP contribution is 2.25. The van der Waals surface area contributed by atoms with Gasteiger partial charge in [0.1, 0.15) is 4.88 Å². The lowest BCUT2D eigenvalue weighted by atomic mass is 10.2. The molecule has 0 fully saturated rings. The van der Waals surface area contributed by atoms with Crippen molar-refractivity contribution in [1.82, 2.24) is 25.1 Å². The number of hydrogen-bond donors (Lipinski definition) is 1. The molecule has 92 valence electrons. The number of aryl methyl sites for hydroxylation is 1. The lowest BCUT2D eigenvalue weighted by molar-refractivity contribution is 0.482. The first-order valence-electron chi connectivity index (χ1n) is 5.69. The summed E-state index contributed by atoms with van der Waals surface area (Å²) in [5, 5.41) is 15.2. The van der Waals surface area contributed by atoms with Gasteiger partial charge in [-0.3, -0.25) is 0 Å². The highest BCUT2D eigenvalue weighted by atomic mass is 32.1. The molecule has 7 heteroatoms. The zero-order valence-electron chi connectivity index (χ0n) is 9.93. The summed E-state index contributed by atoms with van der Waals surface area (Å²) in [5.74, 6) is 1.12. The Kier molecular flexibility index (Phi) is 4.16. The Balaban J connectivity index is 2.15. The van der Waals surface area contributed by atoms with Gasteiger partial charge in [-0.1, -0.05) is 24.8 Å². The van der Waals surface area contributed by atoms with Crippen LogP contribution in [0.15, 0.2) is 4.42 Å². The summed E-state index contributed by atoms with van der Waals surface area (Å²) >= 11 is 1.30. The molecule has 6 nitrogen and oxygen atoms in total. The molecule has 0 aliphatic heterocycles. The van der Waals surface area contributed by atoms with Gasteiger partial charge in [-0.25, -0.2) is 0 Å². The van der Waals surface area contributed by atoms with Crippen LogP contribution in [0.2, 0.25) is 0 Å². The molecule has 2 aromatic heterocycles. The Morgan fingerprint density at radius 1 is 1.24 bits per heavy atom. The highest BCUT2D eigenvalue weighted by molar-refractivity contribution is 7.09. The molecule has 0 spiro atoms. The summed E-state index contributed by atoms with van der Waals surface area (Å²) < 4.78 is 9.50. The van der Waals surface area contributed by atoms with Gasteiger partial charge in [0.2, 0.25) is 5.89 Å². The Labute approximate surface area is 104 Å². The van der Waals surface area contributed by atoms with Crippen molar-refractivity contribution >= 4 is 11.5 Å². The lowest BCUT2D eigenvalue weighted by Gasteiger charge is -1.94. The maximum atomic E-state index is 5.56. The zero-order valence-corrected chi connectivity index (χ0v) is 10.8. The molecule has 0 unspecified atom stereocenters. The Morgan fingerprint density at radius 3 is 2.88 bits per heavy atom. The molecular formula is C10H15N5OS. The molecule has 0 aliphatic carbocycles. The number of rotatable bonds is 6. The average molecular weight is 253 g/mol. The largest absolute Gasteiger partial charge is 0.418 e. The maximum absolute atomic E-state index is 5.56. The van der Waals surface area contributed by atoms with Crippen LogP contribution in [0.25, 0.3) is 10.8 Å². The molecule has 0 atom stereocenters. The van der Waals surface area contributed by atoms with Crippen LogP contribution in [-0.4, -0.2) is 26.3 Å². The maximum Gasteiger partial charge on any atom is 0.261 e. The van der Waals surface area contributed by atoms with Gasteiger partial charge in [-0.2, -0.15) is 0 Å². The number of aromatic nitrogens is 4. The number of hydrogen-bond acceptors (Lipinski definition) is 7. The summed E-state index contributed by atoms with van der Waals surface area (Å²) in [6, 6.07) is 0. The Morgan fingerprint density at radius 2 is 2.12 bits per heavy atom. The van der Waals surface area contributed by atoms with E-state index in [2.05, 4.69) is 32.0 Å². The standard InChI is InChI=1S/C10H15N5OS/c1-3-5-7-9(17-15-12-7)10-14-13-8(16-10)6-11-4-2/h11H,3-6H2,1-2H3. The summed E-state index contributed by atoms with van der Waals surface area (Å²) in [6.45, 7) is 5.61. The van der Waals surface area contributed by atoms with Crippen LogP contribution < -0.4 is 5.32 Å². The second-order valence-corrected chi connectivity index (χ2v) is 4.33. The lowest BCUT2D eigenvalue weighted by Crippen LogP contribution is -2.11. The third-order valence-corrected chi connectivity index (χ3v) is 2.99. The number of nitrogens with one attached hydrogen (secondary N) is 1. The average Bonchev–Trinajstić information content (AvgIpc) is 2.95. The van der Waals surface area contributed by atoms with Crippen LogP contribution in [0.5, 0.6) is 0 Å². The van der Waals surface area contributed by atoms with Crippen LogP contribution >= 0.6 is 11.5 Å². The SMILES string of the molecule is CCCc1nnsc1-c1nnc(CNCC)o1. The van der Waals surface area contributed by atoms with E-state index in [1.54, 1.807) is 0 Å². The van der Waals surface area contributed by atoms with Gasteiger partial charge in [0.05, 0.1) is 12.2 Å². The van der Waals surface area contributed by atoms with Crippen LogP contribution in [-0.2, 0) is 13.0 Å². The molecule has 2 aromatic rings. The van der Waals surface area contributed by atoms with E-state index in [1.807, 2.05) is 6.92 Å². The van der Waals surface area contributed by atoms with E-state index in [9.17, 15) is 0 Å². The monoisotopic (exact) mass is 253 g/mol. The van der Waals surface area contributed by atoms with E-state index < -0.39 is 0 Å². The van der Waals surface area contributed by atoms with Crippen molar-refractivity contribution in [2.75, 3.05) is 6.54 Å². The van der Waals surface area contributed by atoms with Gasteiger partial charge in [0.15, 0.2) is 0 Å². The summed E-state index contributed by atoms with van der Waals surface area (Å²) in [5.41, 5.74) is 0.941. The van der Waals surface area contributed by atoms with Crippen molar-refractivity contribution in [2.45, 2.75) is 33.2 Å². The summed E-state index contributed by atoms with van der Waals surface area (Å²) in [7, 11) is 0. The Bertz CT molecular complexity index is 467. The van der Waals surface area contributed by atoms with Crippen LogP contribution in [0, 0.1) is 0 Å². The van der Waals surface area contributed by atoms with Crippen molar-refractivity contribution in [2.24, 2.45) is 0 Å². The van der Waals surface area contributed by atoms with Gasteiger partial charge in [-0.05, 0) is 24.5 Å². The van der Waals surface area contributed by atoms with E-state index in [0.29, 0.717) is 18.3 Å². The molecule has 0 aliphatic rings. The molecule has 0 amide bonds. The smallest absolute Gasteiger partial charge is 0.261 e. The van der Waals surface area contributed by atoms with Crippen molar-refractivity contribution in [1.29, 1.82) is 0 Å². The second kappa shape index (κ2) is 5.83. The molecule has 0 bridgehead atoms. The topological polar surface area (TPSA) is 76.7 Å². The predicted molar refractivity (Wildman–Crippen MR) is 64.6 cm³/mol. The molecule has 0 saturated heterocycles. The first-order chi connectivity index (χ1) is 8.35. The van der Waals surface area contributed by atoms with Crippen LogP contribution in [0.1, 0.15) is 31.9 Å². The first kappa shape index (κ1) is 12.1. The minimum Gasteiger partial charge on any atom is -0.418 e. The van der Waals surface area contributed by atoms with Gasteiger partial charge in [0, 0.05) is 0 Å². The van der Waals surface area contributed by atoms with E-state index in [1.165, 1.54) is 11.5 Å². The van der Waals surface area contributed by atoms with E-state index in [-0.39, 0.29) is 0 Å². The molecular weight excluding hydrogens is 238 g/mol. The predicted octanol–water partition coefficient (Wildman–Crippen LogP) is 1.65. The van der Waals surface area contributed by atoms with Crippen molar-refractivity contribution < 1.29 is 4.42 Å². The van der Waals surface area contributed by atoms with Gasteiger partial charge in [-0.15, -0.1) is 15.3 Å². The summed E-state index contributed by atoms with van der Waals surface area (Å²) in [6.07, 6.45) is 1.91. The van der Waals surface area contributed by atoms with Gasteiger partial charge in [0.25, 0.3) is 5.89 Å². The summed E-state index contributed by atoms with van der Waals surface area (Å²) in [4.78, 5) is 0.891. The fourth-order valence-corrected chi connectivity index (χ4v) is 2.05. The van der Waals surface area contributed by atoms with Crippen molar-refractivity contribution in [3.8, 4) is 10.8 Å². The molecule has 2 rings (SSSR count).